The van der Waals surface area contributed by atoms with Gasteiger partial charge in [0.15, 0.2) is 5.65 Å². The molecular weight excluding hydrogens is 304 g/mol. The van der Waals surface area contributed by atoms with Crippen molar-refractivity contribution in [3.63, 3.8) is 0 Å². The summed E-state index contributed by atoms with van der Waals surface area (Å²) < 4.78 is 7.49. The molecule has 24 heavy (non-hydrogen) atoms. The van der Waals surface area contributed by atoms with Crippen molar-refractivity contribution >= 4 is 11.5 Å². The summed E-state index contributed by atoms with van der Waals surface area (Å²) in [5.41, 5.74) is 3.15. The summed E-state index contributed by atoms with van der Waals surface area (Å²) in [4.78, 5) is 0. The highest BCUT2D eigenvalue weighted by Crippen LogP contribution is 2.33. The van der Waals surface area contributed by atoms with Gasteiger partial charge in [-0.2, -0.15) is 0 Å². The van der Waals surface area contributed by atoms with Gasteiger partial charge in [-0.3, -0.25) is 0 Å². The Morgan fingerprint density at radius 1 is 1.21 bits per heavy atom. The Bertz CT molecular complexity index is 815. The van der Waals surface area contributed by atoms with Crippen molar-refractivity contribution in [3.8, 4) is 0 Å². The molecule has 0 unspecified atom stereocenters. The van der Waals surface area contributed by atoms with Gasteiger partial charge in [-0.05, 0) is 47.9 Å². The third-order valence-electron chi connectivity index (χ3n) is 4.47. The minimum Gasteiger partial charge on any atom is -0.373 e. The molecule has 0 radical (unpaired) electrons. The van der Waals surface area contributed by atoms with Gasteiger partial charge in [0.1, 0.15) is 5.82 Å². The lowest BCUT2D eigenvalue weighted by molar-refractivity contribution is -0.0238. The number of anilines is 1. The van der Waals surface area contributed by atoms with E-state index < -0.39 is 0 Å². The molecule has 1 aliphatic rings. The number of hydrogen-bond acceptors (Lipinski definition) is 6. The highest BCUT2D eigenvalue weighted by Gasteiger charge is 2.27. The molecule has 4 rings (SSSR count). The fourth-order valence-electron chi connectivity index (χ4n) is 3.16. The molecule has 1 N–H and O–H groups in total. The van der Waals surface area contributed by atoms with E-state index in [0.29, 0.717) is 11.6 Å². The molecule has 2 aromatic heterocycles. The zero-order chi connectivity index (χ0) is 16.4. The van der Waals surface area contributed by atoms with E-state index in [1.54, 1.807) is 0 Å². The van der Waals surface area contributed by atoms with E-state index >= 15 is 0 Å². The number of rotatable bonds is 4. The molecule has 1 saturated heterocycles. The molecule has 7 heteroatoms. The lowest BCUT2D eigenvalue weighted by atomic mass is 9.89. The minimum atomic E-state index is 0.128. The van der Waals surface area contributed by atoms with E-state index in [-0.39, 0.29) is 6.10 Å². The minimum absolute atomic E-state index is 0.128. The van der Waals surface area contributed by atoms with Crippen LogP contribution >= 0.6 is 0 Å². The van der Waals surface area contributed by atoms with Gasteiger partial charge in [-0.15, -0.1) is 14.8 Å². The van der Waals surface area contributed by atoms with Gasteiger partial charge in [0.05, 0.1) is 6.10 Å². The second-order valence-electron chi connectivity index (χ2n) is 6.23. The van der Waals surface area contributed by atoms with Gasteiger partial charge in [0.2, 0.25) is 0 Å². The maximum absolute atomic E-state index is 6.06. The first-order chi connectivity index (χ1) is 11.8. The van der Waals surface area contributed by atoms with Gasteiger partial charge in [-0.1, -0.05) is 29.8 Å². The van der Waals surface area contributed by atoms with Crippen LogP contribution in [0.3, 0.4) is 0 Å². The molecule has 124 valence electrons. The second kappa shape index (κ2) is 6.52. The number of fused-ring (bicyclic) bond motifs is 1. The highest BCUT2D eigenvalue weighted by atomic mass is 16.5. The van der Waals surface area contributed by atoms with E-state index in [1.807, 2.05) is 12.1 Å². The van der Waals surface area contributed by atoms with Gasteiger partial charge < -0.3 is 10.1 Å². The maximum atomic E-state index is 6.06. The molecule has 1 aliphatic heterocycles. The predicted molar refractivity (Wildman–Crippen MR) is 89.7 cm³/mol. The summed E-state index contributed by atoms with van der Waals surface area (Å²) in [5, 5.41) is 19.0. The van der Waals surface area contributed by atoms with Crippen molar-refractivity contribution in [2.24, 2.45) is 5.92 Å². The summed E-state index contributed by atoms with van der Waals surface area (Å²) in [6.45, 7) is 3.73. The van der Waals surface area contributed by atoms with Crippen molar-refractivity contribution in [2.45, 2.75) is 25.9 Å². The number of hydrogen-bond donors (Lipinski definition) is 1. The van der Waals surface area contributed by atoms with Crippen molar-refractivity contribution in [1.29, 1.82) is 0 Å². The molecule has 0 amide bonds. The normalized spacial score (nSPS) is 21.0. The fourth-order valence-corrected chi connectivity index (χ4v) is 3.16. The van der Waals surface area contributed by atoms with Crippen LogP contribution in [0.2, 0.25) is 0 Å². The van der Waals surface area contributed by atoms with Crippen molar-refractivity contribution in [2.75, 3.05) is 18.5 Å². The zero-order valence-corrected chi connectivity index (χ0v) is 13.6. The SMILES string of the molecule is Cc1ccc([C@H]2OCCC[C@H]2CNc2ccc3nnnn3n2)cc1. The first-order valence-corrected chi connectivity index (χ1v) is 8.27. The molecule has 1 aromatic carbocycles. The van der Waals surface area contributed by atoms with Crippen LogP contribution in [-0.4, -0.2) is 38.4 Å². The molecule has 0 spiro atoms. The summed E-state index contributed by atoms with van der Waals surface area (Å²) >= 11 is 0. The molecule has 0 saturated carbocycles. The highest BCUT2D eigenvalue weighted by molar-refractivity contribution is 5.42. The summed E-state index contributed by atoms with van der Waals surface area (Å²) in [5.74, 6) is 1.18. The third kappa shape index (κ3) is 3.07. The Labute approximate surface area is 140 Å². The fraction of sp³-hybridized carbons (Fsp3) is 0.412. The number of nitrogens with zero attached hydrogens (tertiary/aromatic N) is 5. The van der Waals surface area contributed by atoms with Crippen LogP contribution in [0.1, 0.15) is 30.1 Å². The molecule has 2 atom stereocenters. The number of aromatic nitrogens is 5. The Morgan fingerprint density at radius 2 is 2.08 bits per heavy atom. The van der Waals surface area contributed by atoms with E-state index in [9.17, 15) is 0 Å². The Morgan fingerprint density at radius 3 is 2.96 bits per heavy atom. The number of aryl methyl sites for hydroxylation is 1. The summed E-state index contributed by atoms with van der Waals surface area (Å²) in [7, 11) is 0. The first-order valence-electron chi connectivity index (χ1n) is 8.27. The molecule has 3 heterocycles. The van der Waals surface area contributed by atoms with Gasteiger partial charge >= 0.3 is 0 Å². The third-order valence-corrected chi connectivity index (χ3v) is 4.47. The Kier molecular flexibility index (Phi) is 4.08. The van der Waals surface area contributed by atoms with Crippen molar-refractivity contribution < 1.29 is 4.74 Å². The molecule has 0 bridgehead atoms. The topological polar surface area (TPSA) is 77.2 Å². The first kappa shape index (κ1) is 15.0. The standard InChI is InChI=1S/C17H20N6O/c1-12-4-6-13(7-5-12)17-14(3-2-10-24-17)11-18-15-8-9-16-19-21-22-23(16)20-15/h4-9,14,17H,2-3,10-11H2,1H3,(H,18,20)/t14-,17+/m0/s1. The van der Waals surface area contributed by atoms with Crippen molar-refractivity contribution in [1.82, 2.24) is 25.3 Å². The van der Waals surface area contributed by atoms with Crippen LogP contribution in [0.4, 0.5) is 5.82 Å². The molecule has 7 nitrogen and oxygen atoms in total. The molecule has 0 aliphatic carbocycles. The average Bonchev–Trinajstić information content (AvgIpc) is 3.09. The van der Waals surface area contributed by atoms with E-state index in [0.717, 1.165) is 31.8 Å². The molecule has 1 fully saturated rings. The Hall–Kier alpha value is -2.54. The lowest BCUT2D eigenvalue weighted by Crippen LogP contribution is -2.28. The number of benzene rings is 1. The van der Waals surface area contributed by atoms with E-state index in [2.05, 4.69) is 57.1 Å². The smallest absolute Gasteiger partial charge is 0.200 e. The number of ether oxygens (including phenoxy) is 1. The van der Waals surface area contributed by atoms with E-state index in [1.165, 1.54) is 15.8 Å². The number of nitrogens with one attached hydrogen (secondary N) is 1. The molecular formula is C17H20N6O. The predicted octanol–water partition coefficient (Wildman–Crippen LogP) is 2.41. The van der Waals surface area contributed by atoms with Gasteiger partial charge in [0.25, 0.3) is 0 Å². The summed E-state index contributed by atoms with van der Waals surface area (Å²) in [6.07, 6.45) is 2.36. The molecule has 3 aromatic rings. The van der Waals surface area contributed by atoms with Crippen LogP contribution in [0.25, 0.3) is 5.65 Å². The summed E-state index contributed by atoms with van der Waals surface area (Å²) in [6, 6.07) is 12.4. The largest absolute Gasteiger partial charge is 0.373 e. The maximum Gasteiger partial charge on any atom is 0.200 e. The lowest BCUT2D eigenvalue weighted by Gasteiger charge is -2.32. The van der Waals surface area contributed by atoms with Crippen molar-refractivity contribution in [3.05, 3.63) is 47.5 Å². The van der Waals surface area contributed by atoms with Gasteiger partial charge in [-0.25, -0.2) is 0 Å². The van der Waals surface area contributed by atoms with Gasteiger partial charge in [0, 0.05) is 19.1 Å². The van der Waals surface area contributed by atoms with Crippen LogP contribution in [0, 0.1) is 12.8 Å². The Balaban J connectivity index is 1.47. The van der Waals surface area contributed by atoms with Crippen LogP contribution in [0.15, 0.2) is 36.4 Å². The number of tetrazole rings is 1. The van der Waals surface area contributed by atoms with Crippen LogP contribution in [-0.2, 0) is 4.74 Å². The second-order valence-corrected chi connectivity index (χ2v) is 6.23. The van der Waals surface area contributed by atoms with Crippen LogP contribution in [0.5, 0.6) is 0 Å². The zero-order valence-electron chi connectivity index (χ0n) is 13.6. The average molecular weight is 324 g/mol. The monoisotopic (exact) mass is 324 g/mol. The van der Waals surface area contributed by atoms with E-state index in [4.69, 9.17) is 4.74 Å². The quantitative estimate of drug-likeness (QED) is 0.794. The van der Waals surface area contributed by atoms with Crippen LogP contribution < -0.4 is 5.32 Å².